The molecular weight excluding hydrogens is 288 g/mol. The van der Waals surface area contributed by atoms with Crippen molar-refractivity contribution in [3.63, 3.8) is 0 Å². The fraction of sp³-hybridized carbons (Fsp3) is 0.438. The van der Waals surface area contributed by atoms with Gasteiger partial charge in [-0.1, -0.05) is 6.92 Å². The zero-order chi connectivity index (χ0) is 14.5. The number of aryl methyl sites for hydroxylation is 2. The van der Waals surface area contributed by atoms with Crippen LogP contribution in [0, 0.1) is 13.8 Å². The number of carbonyl (C=O) groups is 1. The van der Waals surface area contributed by atoms with E-state index in [0.717, 1.165) is 30.5 Å². The largest absolute Gasteiger partial charge is 0.451 e. The molecule has 1 heterocycles. The van der Waals surface area contributed by atoms with Crippen LogP contribution in [0.1, 0.15) is 35.0 Å². The van der Waals surface area contributed by atoms with Crippen LogP contribution in [-0.2, 0) is 0 Å². The van der Waals surface area contributed by atoms with Gasteiger partial charge in [-0.2, -0.15) is 0 Å². The Morgan fingerprint density at radius 2 is 1.81 bits per heavy atom. The number of benzene rings is 1. The second-order valence-corrected chi connectivity index (χ2v) is 5.09. The van der Waals surface area contributed by atoms with Crippen molar-refractivity contribution in [1.82, 2.24) is 10.6 Å². The fourth-order valence-corrected chi connectivity index (χ4v) is 2.07. The van der Waals surface area contributed by atoms with Crippen LogP contribution in [0.5, 0.6) is 0 Å². The van der Waals surface area contributed by atoms with Crippen LogP contribution in [0.4, 0.5) is 0 Å². The van der Waals surface area contributed by atoms with E-state index >= 15 is 0 Å². The Morgan fingerprint density at radius 1 is 1.10 bits per heavy atom. The van der Waals surface area contributed by atoms with E-state index in [9.17, 15) is 4.79 Å². The summed E-state index contributed by atoms with van der Waals surface area (Å²) in [6.45, 7) is 8.56. The van der Waals surface area contributed by atoms with E-state index < -0.39 is 0 Å². The number of rotatable bonds is 6. The van der Waals surface area contributed by atoms with E-state index in [4.69, 9.17) is 4.42 Å². The summed E-state index contributed by atoms with van der Waals surface area (Å²) in [5, 5.41) is 7.07. The van der Waals surface area contributed by atoms with Crippen LogP contribution in [0.15, 0.2) is 22.6 Å². The Morgan fingerprint density at radius 3 is 2.52 bits per heavy atom. The number of amides is 1. The molecule has 2 rings (SSSR count). The molecule has 0 atom stereocenters. The normalized spacial score (nSPS) is 10.4. The lowest BCUT2D eigenvalue weighted by molar-refractivity contribution is 0.0928. The number of hydrogen-bond donors (Lipinski definition) is 2. The smallest absolute Gasteiger partial charge is 0.287 e. The first-order chi connectivity index (χ1) is 9.61. The topological polar surface area (TPSA) is 54.3 Å². The molecule has 0 aliphatic heterocycles. The van der Waals surface area contributed by atoms with Gasteiger partial charge in [0.05, 0.1) is 0 Å². The highest BCUT2D eigenvalue weighted by Gasteiger charge is 2.12. The average Bonchev–Trinajstić information content (AvgIpc) is 2.82. The number of furan rings is 1. The Bertz CT molecular complexity index is 569. The predicted octanol–water partition coefficient (Wildman–Crippen LogP) is 3.20. The number of nitrogens with one attached hydrogen (secondary N) is 2. The van der Waals surface area contributed by atoms with Crippen molar-refractivity contribution in [3.05, 3.63) is 35.1 Å². The standard InChI is InChI=1S/C16H22N2O2.ClH/c1-4-5-17-6-7-18-16(19)15-10-13-8-11(2)12(3)9-14(13)20-15;/h8-10,17H,4-7H2,1-3H3,(H,18,19);1H. The van der Waals surface area contributed by atoms with Gasteiger partial charge in [0.25, 0.3) is 5.91 Å². The number of halogens is 1. The van der Waals surface area contributed by atoms with Gasteiger partial charge in [0.2, 0.25) is 0 Å². The monoisotopic (exact) mass is 310 g/mol. The third-order valence-corrected chi connectivity index (χ3v) is 3.37. The lowest BCUT2D eigenvalue weighted by atomic mass is 10.1. The zero-order valence-electron chi connectivity index (χ0n) is 12.8. The van der Waals surface area contributed by atoms with E-state index in [2.05, 4.69) is 24.5 Å². The van der Waals surface area contributed by atoms with E-state index in [0.29, 0.717) is 12.3 Å². The number of fused-ring (bicyclic) bond motifs is 1. The van der Waals surface area contributed by atoms with Crippen LogP contribution >= 0.6 is 12.4 Å². The second-order valence-electron chi connectivity index (χ2n) is 5.09. The van der Waals surface area contributed by atoms with Crippen LogP contribution < -0.4 is 10.6 Å². The third kappa shape index (κ3) is 4.48. The highest BCUT2D eigenvalue weighted by atomic mass is 35.5. The molecule has 2 N–H and O–H groups in total. The molecule has 0 saturated carbocycles. The predicted molar refractivity (Wildman–Crippen MR) is 88.4 cm³/mol. The average molecular weight is 311 g/mol. The Labute approximate surface area is 131 Å². The molecule has 0 bridgehead atoms. The quantitative estimate of drug-likeness (QED) is 0.806. The van der Waals surface area contributed by atoms with E-state index in [1.807, 2.05) is 19.1 Å². The molecular formula is C16H23ClN2O2. The summed E-state index contributed by atoms with van der Waals surface area (Å²) in [6, 6.07) is 5.83. The molecule has 0 unspecified atom stereocenters. The summed E-state index contributed by atoms with van der Waals surface area (Å²) in [6.07, 6.45) is 1.09. The van der Waals surface area contributed by atoms with Crippen LogP contribution in [0.2, 0.25) is 0 Å². The molecule has 0 fully saturated rings. The highest BCUT2D eigenvalue weighted by Crippen LogP contribution is 2.23. The van der Waals surface area contributed by atoms with E-state index in [1.165, 1.54) is 11.1 Å². The summed E-state index contributed by atoms with van der Waals surface area (Å²) < 4.78 is 5.61. The lowest BCUT2D eigenvalue weighted by Crippen LogP contribution is -2.31. The molecule has 0 aliphatic carbocycles. The van der Waals surface area contributed by atoms with Gasteiger partial charge in [-0.25, -0.2) is 0 Å². The van der Waals surface area contributed by atoms with Gasteiger partial charge in [0.1, 0.15) is 5.58 Å². The van der Waals surface area contributed by atoms with Gasteiger partial charge in [-0.05, 0) is 56.1 Å². The minimum absolute atomic E-state index is 0. The Kier molecular flexibility index (Phi) is 6.72. The summed E-state index contributed by atoms with van der Waals surface area (Å²) in [5.41, 5.74) is 3.14. The minimum Gasteiger partial charge on any atom is -0.451 e. The van der Waals surface area contributed by atoms with Crippen molar-refractivity contribution in [2.75, 3.05) is 19.6 Å². The SMILES string of the molecule is CCCNCCNC(=O)c1cc2cc(C)c(C)cc2o1.Cl. The van der Waals surface area contributed by atoms with Gasteiger partial charge in [0, 0.05) is 18.5 Å². The van der Waals surface area contributed by atoms with Crippen molar-refractivity contribution in [1.29, 1.82) is 0 Å². The molecule has 0 radical (unpaired) electrons. The molecule has 1 amide bonds. The van der Waals surface area contributed by atoms with Crippen LogP contribution in [0.3, 0.4) is 0 Å². The first-order valence-corrected chi connectivity index (χ1v) is 7.11. The molecule has 0 aliphatic rings. The third-order valence-electron chi connectivity index (χ3n) is 3.37. The Balaban J connectivity index is 0.00000220. The van der Waals surface area contributed by atoms with Gasteiger partial charge in [0.15, 0.2) is 5.76 Å². The van der Waals surface area contributed by atoms with Crippen molar-refractivity contribution in [2.45, 2.75) is 27.2 Å². The molecule has 1 aromatic heterocycles. The van der Waals surface area contributed by atoms with Gasteiger partial charge < -0.3 is 15.1 Å². The summed E-state index contributed by atoms with van der Waals surface area (Å²) in [4.78, 5) is 12.0. The van der Waals surface area contributed by atoms with E-state index in [-0.39, 0.29) is 18.3 Å². The molecule has 0 spiro atoms. The van der Waals surface area contributed by atoms with Crippen molar-refractivity contribution >= 4 is 29.3 Å². The minimum atomic E-state index is -0.158. The van der Waals surface area contributed by atoms with Crippen LogP contribution in [-0.4, -0.2) is 25.5 Å². The summed E-state index contributed by atoms with van der Waals surface area (Å²) in [7, 11) is 0. The number of hydrogen-bond acceptors (Lipinski definition) is 3. The van der Waals surface area contributed by atoms with Gasteiger partial charge in [-0.3, -0.25) is 4.79 Å². The highest BCUT2D eigenvalue weighted by molar-refractivity contribution is 5.96. The molecule has 116 valence electrons. The molecule has 2 aromatic rings. The first-order valence-electron chi connectivity index (χ1n) is 7.11. The molecule has 5 heteroatoms. The lowest BCUT2D eigenvalue weighted by Gasteiger charge is -2.03. The molecule has 21 heavy (non-hydrogen) atoms. The zero-order valence-corrected chi connectivity index (χ0v) is 13.6. The van der Waals surface area contributed by atoms with Crippen molar-refractivity contribution in [2.24, 2.45) is 0 Å². The second kappa shape index (κ2) is 8.05. The fourth-order valence-electron chi connectivity index (χ4n) is 2.07. The van der Waals surface area contributed by atoms with Gasteiger partial charge >= 0.3 is 0 Å². The molecule has 4 nitrogen and oxygen atoms in total. The summed E-state index contributed by atoms with van der Waals surface area (Å²) >= 11 is 0. The van der Waals surface area contributed by atoms with Crippen molar-refractivity contribution < 1.29 is 9.21 Å². The molecule has 1 aromatic carbocycles. The number of carbonyl (C=O) groups excluding carboxylic acids is 1. The van der Waals surface area contributed by atoms with Gasteiger partial charge in [-0.15, -0.1) is 12.4 Å². The maximum Gasteiger partial charge on any atom is 0.287 e. The van der Waals surface area contributed by atoms with Crippen LogP contribution in [0.25, 0.3) is 11.0 Å². The molecule has 0 saturated heterocycles. The van der Waals surface area contributed by atoms with E-state index in [1.54, 1.807) is 6.07 Å². The van der Waals surface area contributed by atoms with Crippen molar-refractivity contribution in [3.8, 4) is 0 Å². The first kappa shape index (κ1) is 17.5. The maximum absolute atomic E-state index is 12.0. The Hall–Kier alpha value is -1.52. The summed E-state index contributed by atoms with van der Waals surface area (Å²) in [5.74, 6) is 0.218. The maximum atomic E-state index is 12.0.